The van der Waals surface area contributed by atoms with Crippen LogP contribution in [0.3, 0.4) is 0 Å². The molecule has 2 fully saturated rings. The van der Waals surface area contributed by atoms with Gasteiger partial charge >= 0.3 is 0 Å². The minimum atomic E-state index is 0.0931. The number of phenolic OH excluding ortho intramolecular Hbond substituents is 1. The van der Waals surface area contributed by atoms with Crippen LogP contribution in [0.4, 0.5) is 0 Å². The number of nitrogens with zero attached hydrogens (tertiary/aromatic N) is 2. The van der Waals surface area contributed by atoms with E-state index in [4.69, 9.17) is 14.2 Å². The Labute approximate surface area is 214 Å². The van der Waals surface area contributed by atoms with Crippen molar-refractivity contribution in [3.63, 3.8) is 0 Å². The van der Waals surface area contributed by atoms with Crippen molar-refractivity contribution < 1.29 is 24.1 Å². The van der Waals surface area contributed by atoms with Crippen LogP contribution in [0.1, 0.15) is 49.1 Å². The molecule has 2 aliphatic rings. The lowest BCUT2D eigenvalue weighted by Crippen LogP contribution is -2.46. The molecule has 0 spiro atoms. The van der Waals surface area contributed by atoms with Crippen molar-refractivity contribution in [3.05, 3.63) is 53.6 Å². The fourth-order valence-electron chi connectivity index (χ4n) is 5.91. The number of benzene rings is 2. The van der Waals surface area contributed by atoms with Gasteiger partial charge in [-0.1, -0.05) is 37.5 Å². The predicted octanol–water partition coefficient (Wildman–Crippen LogP) is 4.43. The van der Waals surface area contributed by atoms with Crippen molar-refractivity contribution in [1.82, 2.24) is 9.80 Å². The van der Waals surface area contributed by atoms with Crippen LogP contribution in [0, 0.1) is 5.92 Å². The Morgan fingerprint density at radius 1 is 1.03 bits per heavy atom. The normalized spacial score (nSPS) is 20.9. The summed E-state index contributed by atoms with van der Waals surface area (Å²) >= 11 is 0. The van der Waals surface area contributed by atoms with Crippen LogP contribution in [-0.4, -0.2) is 74.4 Å². The van der Waals surface area contributed by atoms with E-state index in [1.54, 1.807) is 27.4 Å². The van der Waals surface area contributed by atoms with Gasteiger partial charge in [-0.2, -0.15) is 0 Å². The lowest BCUT2D eigenvalue weighted by molar-refractivity contribution is -0.139. The molecule has 4 rings (SSSR count). The Balaban J connectivity index is 1.58. The molecule has 1 saturated carbocycles. The molecule has 1 amide bonds. The lowest BCUT2D eigenvalue weighted by Gasteiger charge is -2.37. The van der Waals surface area contributed by atoms with Crippen molar-refractivity contribution in [3.8, 4) is 17.2 Å². The van der Waals surface area contributed by atoms with Gasteiger partial charge in [-0.3, -0.25) is 9.69 Å². The number of hydrogen-bond acceptors (Lipinski definition) is 6. The molecule has 2 atom stereocenters. The first-order chi connectivity index (χ1) is 17.5. The van der Waals surface area contributed by atoms with E-state index in [9.17, 15) is 9.90 Å². The third-order valence-electron chi connectivity index (χ3n) is 7.72. The summed E-state index contributed by atoms with van der Waals surface area (Å²) in [5.74, 6) is 2.15. The molecule has 196 valence electrons. The number of phenols is 1. The highest BCUT2D eigenvalue weighted by molar-refractivity contribution is 5.77. The summed E-state index contributed by atoms with van der Waals surface area (Å²) in [6, 6.07) is 14.2. The van der Waals surface area contributed by atoms with Gasteiger partial charge in [0.25, 0.3) is 0 Å². The molecule has 1 aliphatic heterocycles. The minimum Gasteiger partial charge on any atom is -0.504 e. The Morgan fingerprint density at radius 3 is 2.56 bits per heavy atom. The summed E-state index contributed by atoms with van der Waals surface area (Å²) in [5.41, 5.74) is 2.34. The zero-order chi connectivity index (χ0) is 25.5. The van der Waals surface area contributed by atoms with Crippen LogP contribution in [0.15, 0.2) is 42.5 Å². The molecule has 0 aromatic heterocycles. The Hall–Kier alpha value is -2.77. The maximum absolute atomic E-state index is 13.2. The number of rotatable bonds is 10. The summed E-state index contributed by atoms with van der Waals surface area (Å²) in [5, 5.41) is 10.00. The molecule has 2 aromatic rings. The molecule has 0 radical (unpaired) electrons. The molecule has 2 unspecified atom stereocenters. The molecule has 1 aliphatic carbocycles. The van der Waals surface area contributed by atoms with Crippen molar-refractivity contribution in [1.29, 1.82) is 0 Å². The highest BCUT2D eigenvalue weighted by Crippen LogP contribution is 2.37. The van der Waals surface area contributed by atoms with Gasteiger partial charge in [0.05, 0.1) is 14.2 Å². The fraction of sp³-hybridized carbons (Fsp3) is 0.552. The fourth-order valence-corrected chi connectivity index (χ4v) is 5.91. The van der Waals surface area contributed by atoms with Gasteiger partial charge in [0.15, 0.2) is 11.5 Å². The molecule has 1 N–H and O–H groups in total. The van der Waals surface area contributed by atoms with E-state index in [2.05, 4.69) is 21.9 Å². The van der Waals surface area contributed by atoms with Gasteiger partial charge in [0.2, 0.25) is 5.91 Å². The van der Waals surface area contributed by atoms with Gasteiger partial charge < -0.3 is 24.2 Å². The summed E-state index contributed by atoms with van der Waals surface area (Å²) in [6.07, 6.45) is 5.76. The number of carbonyl (C=O) groups excluding carboxylic acids is 1. The van der Waals surface area contributed by atoms with E-state index in [-0.39, 0.29) is 24.2 Å². The Bertz CT molecular complexity index is 1010. The molecule has 1 heterocycles. The molecule has 1 saturated heterocycles. The third kappa shape index (κ3) is 6.31. The van der Waals surface area contributed by atoms with Crippen molar-refractivity contribution in [2.45, 2.75) is 50.6 Å². The summed E-state index contributed by atoms with van der Waals surface area (Å²) < 4.78 is 16.1. The van der Waals surface area contributed by atoms with Gasteiger partial charge in [-0.15, -0.1) is 0 Å². The highest BCUT2D eigenvalue weighted by Gasteiger charge is 2.37. The number of aromatic hydroxyl groups is 1. The SMILES string of the molecule is COCC(=O)N(CC1CN(Cc2ccc(O)c(OC)c2)CC1c1cccc(OC)c1)C1CCCCC1. The molecule has 36 heavy (non-hydrogen) atoms. The van der Waals surface area contributed by atoms with E-state index in [0.29, 0.717) is 17.7 Å². The lowest BCUT2D eigenvalue weighted by atomic mass is 9.87. The van der Waals surface area contributed by atoms with Crippen molar-refractivity contribution in [2.24, 2.45) is 5.92 Å². The predicted molar refractivity (Wildman–Crippen MR) is 140 cm³/mol. The average Bonchev–Trinajstić information content (AvgIpc) is 3.31. The largest absolute Gasteiger partial charge is 0.504 e. The quantitative estimate of drug-likeness (QED) is 0.525. The number of amides is 1. The van der Waals surface area contributed by atoms with E-state index in [0.717, 1.165) is 50.3 Å². The standard InChI is InChI=1S/C29H40N2O5/c1-34-20-29(33)31(24-9-5-4-6-10-24)18-23-17-30(16-21-12-13-27(32)28(14-21)36-3)19-26(23)22-8-7-11-25(15-22)35-2/h7-8,11-15,23-24,26,32H,4-6,9-10,16-20H2,1-3H3. The second-order valence-corrected chi connectivity index (χ2v) is 10.1. The smallest absolute Gasteiger partial charge is 0.248 e. The summed E-state index contributed by atoms with van der Waals surface area (Å²) in [4.78, 5) is 17.7. The highest BCUT2D eigenvalue weighted by atomic mass is 16.5. The minimum absolute atomic E-state index is 0.0931. The number of likely N-dealkylation sites (tertiary alicyclic amines) is 1. The van der Waals surface area contributed by atoms with Gasteiger partial charge in [0, 0.05) is 45.2 Å². The van der Waals surface area contributed by atoms with Crippen molar-refractivity contribution in [2.75, 3.05) is 47.6 Å². The van der Waals surface area contributed by atoms with E-state index in [1.807, 2.05) is 24.3 Å². The van der Waals surface area contributed by atoms with E-state index < -0.39 is 0 Å². The number of hydrogen-bond donors (Lipinski definition) is 1. The maximum atomic E-state index is 13.2. The van der Waals surface area contributed by atoms with E-state index >= 15 is 0 Å². The summed E-state index contributed by atoms with van der Waals surface area (Å²) in [6.45, 7) is 3.38. The monoisotopic (exact) mass is 496 g/mol. The van der Waals surface area contributed by atoms with Gasteiger partial charge in [-0.25, -0.2) is 0 Å². The molecule has 7 heteroatoms. The van der Waals surface area contributed by atoms with Crippen LogP contribution in [0.5, 0.6) is 17.2 Å². The molecule has 2 aromatic carbocycles. The molecule has 7 nitrogen and oxygen atoms in total. The van der Waals surface area contributed by atoms with Crippen LogP contribution < -0.4 is 9.47 Å². The topological polar surface area (TPSA) is 71.5 Å². The maximum Gasteiger partial charge on any atom is 0.248 e. The summed E-state index contributed by atoms with van der Waals surface area (Å²) in [7, 11) is 4.86. The first kappa shape index (κ1) is 26.3. The zero-order valence-electron chi connectivity index (χ0n) is 21.8. The number of methoxy groups -OCH3 is 3. The average molecular weight is 497 g/mol. The van der Waals surface area contributed by atoms with Crippen LogP contribution >= 0.6 is 0 Å². The first-order valence-electron chi connectivity index (χ1n) is 13.0. The second-order valence-electron chi connectivity index (χ2n) is 10.1. The second kappa shape index (κ2) is 12.5. The van der Waals surface area contributed by atoms with Crippen molar-refractivity contribution >= 4 is 5.91 Å². The third-order valence-corrected chi connectivity index (χ3v) is 7.72. The van der Waals surface area contributed by atoms with Gasteiger partial charge in [-0.05, 0) is 54.2 Å². The van der Waals surface area contributed by atoms with E-state index in [1.165, 1.54) is 24.8 Å². The Morgan fingerprint density at radius 2 is 1.83 bits per heavy atom. The molecule has 0 bridgehead atoms. The van der Waals surface area contributed by atoms with Crippen LogP contribution in [0.2, 0.25) is 0 Å². The zero-order valence-corrected chi connectivity index (χ0v) is 21.8. The number of ether oxygens (including phenoxy) is 3. The molecular weight excluding hydrogens is 456 g/mol. The van der Waals surface area contributed by atoms with Crippen LogP contribution in [-0.2, 0) is 16.1 Å². The first-order valence-corrected chi connectivity index (χ1v) is 13.0. The number of carbonyl (C=O) groups is 1. The van der Waals surface area contributed by atoms with Gasteiger partial charge in [0.1, 0.15) is 12.4 Å². The van der Waals surface area contributed by atoms with Crippen LogP contribution in [0.25, 0.3) is 0 Å². The molecular formula is C29H40N2O5. The Kier molecular flexibility index (Phi) is 9.10.